The highest BCUT2D eigenvalue weighted by Crippen LogP contribution is 2.16. The Morgan fingerprint density at radius 1 is 1.46 bits per heavy atom. The van der Waals surface area contributed by atoms with Gasteiger partial charge >= 0.3 is 0 Å². The third-order valence-corrected chi connectivity index (χ3v) is 2.55. The Hall–Kier alpha value is -0.570. The molecule has 0 unspecified atom stereocenters. The smallest absolute Gasteiger partial charge is 0.126 e. The number of aryl methyl sites for hydroxylation is 1. The summed E-state index contributed by atoms with van der Waals surface area (Å²) in [6.07, 6.45) is 0. The third kappa shape index (κ3) is 3.35. The maximum atomic E-state index is 4.39. The van der Waals surface area contributed by atoms with Crippen molar-refractivity contribution in [2.75, 3.05) is 11.9 Å². The molecule has 1 aromatic heterocycles. The van der Waals surface area contributed by atoms with Crippen LogP contribution in [-0.2, 0) is 0 Å². The molecule has 1 rings (SSSR count). The van der Waals surface area contributed by atoms with Gasteiger partial charge in [0.15, 0.2) is 0 Å². The minimum absolute atomic E-state index is 0.644. The van der Waals surface area contributed by atoms with E-state index in [1.165, 1.54) is 0 Å². The Balaban J connectivity index is 2.63. The van der Waals surface area contributed by atoms with E-state index in [4.69, 9.17) is 0 Å². The molecule has 0 aliphatic carbocycles. The Morgan fingerprint density at radius 3 is 2.69 bits per heavy atom. The van der Waals surface area contributed by atoms with Crippen LogP contribution in [0.3, 0.4) is 0 Å². The number of nitrogens with zero attached hydrogens (tertiary/aromatic N) is 1. The zero-order valence-corrected chi connectivity index (χ0v) is 9.85. The molecule has 1 heterocycles. The highest BCUT2D eigenvalue weighted by Gasteiger charge is 1.99. The molecule has 0 amide bonds. The van der Waals surface area contributed by atoms with Crippen molar-refractivity contribution in [1.82, 2.24) is 4.98 Å². The van der Waals surface area contributed by atoms with Crippen molar-refractivity contribution >= 4 is 21.7 Å². The number of nitrogens with one attached hydrogen (secondary N) is 1. The lowest BCUT2D eigenvalue weighted by Gasteiger charge is -2.08. The molecule has 0 saturated heterocycles. The summed E-state index contributed by atoms with van der Waals surface area (Å²) in [6, 6.07) is 4.00. The molecule has 0 aliphatic heterocycles. The molecular formula is C10H15BrN2. The summed E-state index contributed by atoms with van der Waals surface area (Å²) < 4.78 is 1.06. The standard InChI is InChI=1S/C10H15BrN2/c1-7(2)6-12-10-5-4-9(11)8(3)13-10/h4-5,7H,6H2,1-3H3,(H,12,13). The monoisotopic (exact) mass is 242 g/mol. The number of pyridine rings is 1. The Labute approximate surface area is 87.9 Å². The second-order valence-electron chi connectivity index (χ2n) is 3.54. The van der Waals surface area contributed by atoms with E-state index in [2.05, 4.69) is 40.1 Å². The lowest BCUT2D eigenvalue weighted by atomic mass is 10.2. The van der Waals surface area contributed by atoms with E-state index in [0.29, 0.717) is 5.92 Å². The van der Waals surface area contributed by atoms with Gasteiger partial charge in [0.2, 0.25) is 0 Å². The first-order chi connectivity index (χ1) is 6.09. The summed E-state index contributed by atoms with van der Waals surface area (Å²) >= 11 is 3.42. The van der Waals surface area contributed by atoms with Crippen LogP contribution >= 0.6 is 15.9 Å². The van der Waals surface area contributed by atoms with Crippen LogP contribution in [0.5, 0.6) is 0 Å². The summed E-state index contributed by atoms with van der Waals surface area (Å²) in [4.78, 5) is 4.39. The van der Waals surface area contributed by atoms with Gasteiger partial charge in [0.25, 0.3) is 0 Å². The number of anilines is 1. The fourth-order valence-electron chi connectivity index (χ4n) is 0.951. The first-order valence-corrected chi connectivity index (χ1v) is 5.26. The van der Waals surface area contributed by atoms with E-state index in [0.717, 1.165) is 22.5 Å². The van der Waals surface area contributed by atoms with Gasteiger partial charge in [-0.1, -0.05) is 13.8 Å². The average Bonchev–Trinajstić information content (AvgIpc) is 2.07. The lowest BCUT2D eigenvalue weighted by molar-refractivity contribution is 0.687. The predicted octanol–water partition coefficient (Wildman–Crippen LogP) is 3.22. The van der Waals surface area contributed by atoms with Gasteiger partial charge in [0, 0.05) is 11.0 Å². The van der Waals surface area contributed by atoms with Crippen LogP contribution in [0.25, 0.3) is 0 Å². The second kappa shape index (κ2) is 4.61. The molecule has 0 saturated carbocycles. The number of aromatic nitrogens is 1. The van der Waals surface area contributed by atoms with Crippen LogP contribution in [0.15, 0.2) is 16.6 Å². The molecule has 2 nitrogen and oxygen atoms in total. The van der Waals surface area contributed by atoms with E-state index in [1.54, 1.807) is 0 Å². The van der Waals surface area contributed by atoms with Gasteiger partial charge in [-0.25, -0.2) is 4.98 Å². The molecule has 0 fully saturated rings. The first kappa shape index (κ1) is 10.5. The highest BCUT2D eigenvalue weighted by molar-refractivity contribution is 9.10. The number of halogens is 1. The Morgan fingerprint density at radius 2 is 2.15 bits per heavy atom. The molecule has 1 aromatic rings. The van der Waals surface area contributed by atoms with Crippen molar-refractivity contribution in [3.05, 3.63) is 22.3 Å². The maximum absolute atomic E-state index is 4.39. The predicted molar refractivity (Wildman–Crippen MR) is 60.0 cm³/mol. The van der Waals surface area contributed by atoms with Gasteiger partial charge in [0.1, 0.15) is 5.82 Å². The van der Waals surface area contributed by atoms with Gasteiger partial charge < -0.3 is 5.32 Å². The van der Waals surface area contributed by atoms with E-state index in [1.807, 2.05) is 19.1 Å². The first-order valence-electron chi connectivity index (χ1n) is 4.46. The van der Waals surface area contributed by atoms with E-state index in [9.17, 15) is 0 Å². The molecule has 0 aliphatic rings. The van der Waals surface area contributed by atoms with Crippen LogP contribution in [0.4, 0.5) is 5.82 Å². The van der Waals surface area contributed by atoms with E-state index < -0.39 is 0 Å². The SMILES string of the molecule is Cc1nc(NCC(C)C)ccc1Br. The fraction of sp³-hybridized carbons (Fsp3) is 0.500. The van der Waals surface area contributed by atoms with Gasteiger partial charge in [-0.3, -0.25) is 0 Å². The molecule has 1 N–H and O–H groups in total. The molecule has 0 atom stereocenters. The summed E-state index contributed by atoms with van der Waals surface area (Å²) in [7, 11) is 0. The van der Waals surface area contributed by atoms with E-state index in [-0.39, 0.29) is 0 Å². The molecule has 0 bridgehead atoms. The van der Waals surface area contributed by atoms with Crippen molar-refractivity contribution < 1.29 is 0 Å². The topological polar surface area (TPSA) is 24.9 Å². The molecule has 72 valence electrons. The van der Waals surface area contributed by atoms with Crippen molar-refractivity contribution in [1.29, 1.82) is 0 Å². The Bertz CT molecular complexity index is 284. The minimum Gasteiger partial charge on any atom is -0.370 e. The molecule has 0 spiro atoms. The lowest BCUT2D eigenvalue weighted by Crippen LogP contribution is -2.09. The van der Waals surface area contributed by atoms with Gasteiger partial charge in [-0.15, -0.1) is 0 Å². The highest BCUT2D eigenvalue weighted by atomic mass is 79.9. The van der Waals surface area contributed by atoms with Crippen LogP contribution in [-0.4, -0.2) is 11.5 Å². The number of hydrogen-bond donors (Lipinski definition) is 1. The van der Waals surface area contributed by atoms with Crippen molar-refractivity contribution in [3.63, 3.8) is 0 Å². The third-order valence-electron chi connectivity index (χ3n) is 1.71. The molecule has 3 heteroatoms. The van der Waals surface area contributed by atoms with E-state index >= 15 is 0 Å². The largest absolute Gasteiger partial charge is 0.370 e. The molecular weight excluding hydrogens is 228 g/mol. The maximum Gasteiger partial charge on any atom is 0.126 e. The van der Waals surface area contributed by atoms with Crippen LogP contribution < -0.4 is 5.32 Å². The van der Waals surface area contributed by atoms with Crippen LogP contribution in [0.1, 0.15) is 19.5 Å². The fourth-order valence-corrected chi connectivity index (χ4v) is 1.17. The van der Waals surface area contributed by atoms with Gasteiger partial charge in [-0.2, -0.15) is 0 Å². The number of rotatable bonds is 3. The van der Waals surface area contributed by atoms with Crippen molar-refractivity contribution in [2.24, 2.45) is 5.92 Å². The summed E-state index contributed by atoms with van der Waals surface area (Å²) in [5, 5.41) is 3.28. The van der Waals surface area contributed by atoms with Gasteiger partial charge in [-0.05, 0) is 40.9 Å². The second-order valence-corrected chi connectivity index (χ2v) is 4.39. The molecule has 13 heavy (non-hydrogen) atoms. The Kier molecular flexibility index (Phi) is 3.72. The van der Waals surface area contributed by atoms with Gasteiger partial charge in [0.05, 0.1) is 5.69 Å². The zero-order chi connectivity index (χ0) is 9.84. The minimum atomic E-state index is 0.644. The summed E-state index contributed by atoms with van der Waals surface area (Å²) in [5.74, 6) is 1.60. The summed E-state index contributed by atoms with van der Waals surface area (Å²) in [6.45, 7) is 7.32. The quantitative estimate of drug-likeness (QED) is 0.881. The van der Waals surface area contributed by atoms with Crippen molar-refractivity contribution in [2.45, 2.75) is 20.8 Å². The average molecular weight is 243 g/mol. The summed E-state index contributed by atoms with van der Waals surface area (Å²) in [5.41, 5.74) is 1.02. The van der Waals surface area contributed by atoms with Crippen molar-refractivity contribution in [3.8, 4) is 0 Å². The molecule has 0 aromatic carbocycles. The molecule has 0 radical (unpaired) electrons. The normalized spacial score (nSPS) is 10.5. The van der Waals surface area contributed by atoms with Crippen LogP contribution in [0.2, 0.25) is 0 Å². The number of hydrogen-bond acceptors (Lipinski definition) is 2. The zero-order valence-electron chi connectivity index (χ0n) is 8.26. The van der Waals surface area contributed by atoms with Crippen LogP contribution in [0, 0.1) is 12.8 Å².